The second kappa shape index (κ2) is 9.30. The Labute approximate surface area is 195 Å². The molecule has 2 aliphatic heterocycles. The third-order valence-electron chi connectivity index (χ3n) is 5.75. The van der Waals surface area contributed by atoms with Crippen molar-refractivity contribution in [1.82, 2.24) is 9.97 Å². The number of hydrogen-bond acceptors (Lipinski definition) is 10. The van der Waals surface area contributed by atoms with Crippen molar-refractivity contribution >= 4 is 39.5 Å². The summed E-state index contributed by atoms with van der Waals surface area (Å²) in [7, 11) is 0. The van der Waals surface area contributed by atoms with Crippen LogP contribution in [0, 0.1) is 6.92 Å². The van der Waals surface area contributed by atoms with Crippen LogP contribution in [0.2, 0.25) is 0 Å². The number of benzene rings is 1. The number of aryl methyl sites for hydroxylation is 1. The molecule has 1 N–H and O–H groups in total. The van der Waals surface area contributed by atoms with Gasteiger partial charge in [-0.3, -0.25) is 0 Å². The minimum atomic E-state index is -0.599. The van der Waals surface area contributed by atoms with Gasteiger partial charge in [0.1, 0.15) is 16.8 Å². The summed E-state index contributed by atoms with van der Waals surface area (Å²) in [6, 6.07) is 5.94. The van der Waals surface area contributed by atoms with Gasteiger partial charge in [0, 0.05) is 32.5 Å². The molecule has 0 bridgehead atoms. The van der Waals surface area contributed by atoms with Crippen LogP contribution in [0.25, 0.3) is 10.2 Å². The Hall–Kier alpha value is -3.27. The van der Waals surface area contributed by atoms with Gasteiger partial charge in [0.15, 0.2) is 11.5 Å². The molecule has 10 heteroatoms. The van der Waals surface area contributed by atoms with Gasteiger partial charge in [0.25, 0.3) is 0 Å². The van der Waals surface area contributed by atoms with E-state index in [-0.39, 0.29) is 12.9 Å². The number of thiophene rings is 1. The Balaban J connectivity index is 1.31. The summed E-state index contributed by atoms with van der Waals surface area (Å²) in [5.41, 5.74) is 2.23. The molecule has 2 aliphatic rings. The van der Waals surface area contributed by atoms with Crippen LogP contribution in [-0.2, 0) is 16.0 Å². The van der Waals surface area contributed by atoms with Crippen LogP contribution in [0.15, 0.2) is 23.6 Å². The van der Waals surface area contributed by atoms with Crippen molar-refractivity contribution in [2.45, 2.75) is 39.3 Å². The van der Waals surface area contributed by atoms with E-state index >= 15 is 0 Å². The van der Waals surface area contributed by atoms with E-state index in [0.717, 1.165) is 38.7 Å². The number of nitrogens with zero attached hydrogens (tertiary/aromatic N) is 3. The zero-order valence-corrected chi connectivity index (χ0v) is 19.4. The molecule has 1 aromatic carbocycles. The zero-order chi connectivity index (χ0) is 22.8. The van der Waals surface area contributed by atoms with Crippen molar-refractivity contribution in [1.29, 1.82) is 0 Å². The van der Waals surface area contributed by atoms with Crippen molar-refractivity contribution in [3.63, 3.8) is 0 Å². The second-order valence-corrected chi connectivity index (χ2v) is 8.86. The first kappa shape index (κ1) is 21.6. The lowest BCUT2D eigenvalue weighted by Gasteiger charge is -2.31. The van der Waals surface area contributed by atoms with E-state index in [2.05, 4.69) is 22.5 Å². The van der Waals surface area contributed by atoms with E-state index in [1.54, 1.807) is 18.3 Å². The van der Waals surface area contributed by atoms with Crippen LogP contribution in [0.3, 0.4) is 0 Å². The van der Waals surface area contributed by atoms with Crippen LogP contribution in [0.5, 0.6) is 11.5 Å². The molecule has 4 heterocycles. The molecule has 174 valence electrons. The molecule has 0 unspecified atom stereocenters. The molecule has 0 saturated carbocycles. The minimum Gasteiger partial charge on any atom is -0.454 e. The summed E-state index contributed by atoms with van der Waals surface area (Å²) in [6.45, 7) is 6.44. The topological polar surface area (TPSA) is 95.0 Å². The zero-order valence-electron chi connectivity index (χ0n) is 18.6. The molecule has 3 aromatic rings. The lowest BCUT2D eigenvalue weighted by atomic mass is 10.1. The van der Waals surface area contributed by atoms with Gasteiger partial charge in [0.2, 0.25) is 12.7 Å². The predicted octanol–water partition coefficient (Wildman–Crippen LogP) is 4.48. The molecule has 2 aromatic heterocycles. The number of fused-ring (bicyclic) bond motifs is 2. The van der Waals surface area contributed by atoms with E-state index in [9.17, 15) is 4.79 Å². The molecule has 5 rings (SSSR count). The molecule has 33 heavy (non-hydrogen) atoms. The number of hydrogen-bond donors (Lipinski definition) is 1. The summed E-state index contributed by atoms with van der Waals surface area (Å²) < 4.78 is 21.2. The largest absolute Gasteiger partial charge is 0.508 e. The standard InChI is InChI=1S/C23H26N4O5S/c1-3-29-23(28)32-16-6-8-27(9-7-16)22-25-20(19-14(2)12-33-21(19)26-22)24-11-15-4-5-17-18(10-15)31-13-30-17/h4-5,10,12,16H,3,6-9,11,13H2,1-2H3,(H,24,25,26). The van der Waals surface area contributed by atoms with E-state index in [0.29, 0.717) is 45.0 Å². The van der Waals surface area contributed by atoms with Gasteiger partial charge in [-0.25, -0.2) is 9.78 Å². The highest BCUT2D eigenvalue weighted by Crippen LogP contribution is 2.34. The predicted molar refractivity (Wildman–Crippen MR) is 125 cm³/mol. The number of rotatable bonds is 6. The number of nitrogens with one attached hydrogen (secondary N) is 1. The lowest BCUT2D eigenvalue weighted by molar-refractivity contribution is 0.0183. The quantitative estimate of drug-likeness (QED) is 0.523. The summed E-state index contributed by atoms with van der Waals surface area (Å²) in [5, 5.41) is 6.65. The van der Waals surface area contributed by atoms with Crippen LogP contribution in [-0.4, -0.2) is 48.7 Å². The van der Waals surface area contributed by atoms with Gasteiger partial charge in [-0.2, -0.15) is 4.98 Å². The molecule has 1 fully saturated rings. The van der Waals surface area contributed by atoms with Gasteiger partial charge >= 0.3 is 6.16 Å². The number of piperidine rings is 1. The van der Waals surface area contributed by atoms with Crippen LogP contribution in [0.4, 0.5) is 16.6 Å². The first-order chi connectivity index (χ1) is 16.1. The maximum Gasteiger partial charge on any atom is 0.508 e. The molecular formula is C23H26N4O5S. The van der Waals surface area contributed by atoms with Crippen LogP contribution in [0.1, 0.15) is 30.9 Å². The highest BCUT2D eigenvalue weighted by Gasteiger charge is 2.25. The van der Waals surface area contributed by atoms with Gasteiger partial charge in [-0.05, 0) is 42.5 Å². The Morgan fingerprint density at radius 3 is 2.88 bits per heavy atom. The Morgan fingerprint density at radius 1 is 1.24 bits per heavy atom. The fraction of sp³-hybridized carbons (Fsp3) is 0.435. The maximum absolute atomic E-state index is 11.6. The average molecular weight is 471 g/mol. The molecule has 0 aliphatic carbocycles. The molecule has 1 saturated heterocycles. The summed E-state index contributed by atoms with van der Waals surface area (Å²) in [6.07, 6.45) is 0.682. The third kappa shape index (κ3) is 4.61. The fourth-order valence-electron chi connectivity index (χ4n) is 4.04. The average Bonchev–Trinajstić information content (AvgIpc) is 3.44. The molecule has 0 radical (unpaired) electrons. The van der Waals surface area contributed by atoms with Crippen LogP contribution >= 0.6 is 11.3 Å². The SMILES string of the molecule is CCOC(=O)OC1CCN(c2nc(NCc3ccc4c(c3)OCO4)c3c(C)csc3n2)CC1. The van der Waals surface area contributed by atoms with Crippen LogP contribution < -0.4 is 19.7 Å². The van der Waals surface area contributed by atoms with Gasteiger partial charge < -0.3 is 29.2 Å². The Kier molecular flexibility index (Phi) is 6.08. The molecule has 9 nitrogen and oxygen atoms in total. The number of aromatic nitrogens is 2. The first-order valence-corrected chi connectivity index (χ1v) is 11.9. The maximum atomic E-state index is 11.6. The van der Waals surface area contributed by atoms with Crippen molar-refractivity contribution in [2.75, 3.05) is 36.7 Å². The van der Waals surface area contributed by atoms with Crippen molar-refractivity contribution in [3.05, 3.63) is 34.7 Å². The van der Waals surface area contributed by atoms with Crippen molar-refractivity contribution in [2.24, 2.45) is 0 Å². The highest BCUT2D eigenvalue weighted by molar-refractivity contribution is 7.17. The number of ether oxygens (including phenoxy) is 4. The fourth-order valence-corrected chi connectivity index (χ4v) is 4.96. The van der Waals surface area contributed by atoms with Gasteiger partial charge in [0.05, 0.1) is 12.0 Å². The minimum absolute atomic E-state index is 0.142. The Bertz CT molecular complexity index is 1160. The normalized spacial score (nSPS) is 15.6. The molecule has 0 spiro atoms. The molecular weight excluding hydrogens is 444 g/mol. The summed E-state index contributed by atoms with van der Waals surface area (Å²) in [5.74, 6) is 3.04. The lowest BCUT2D eigenvalue weighted by Crippen LogP contribution is -2.39. The second-order valence-electron chi connectivity index (χ2n) is 8.00. The number of carbonyl (C=O) groups is 1. The van der Waals surface area contributed by atoms with Gasteiger partial charge in [-0.1, -0.05) is 6.07 Å². The molecule has 0 amide bonds. The van der Waals surface area contributed by atoms with Crippen molar-refractivity contribution < 1.29 is 23.7 Å². The monoisotopic (exact) mass is 470 g/mol. The first-order valence-electron chi connectivity index (χ1n) is 11.1. The smallest absolute Gasteiger partial charge is 0.454 e. The number of anilines is 2. The Morgan fingerprint density at radius 2 is 2.06 bits per heavy atom. The number of carbonyl (C=O) groups excluding carboxylic acids is 1. The van der Waals surface area contributed by atoms with Crippen molar-refractivity contribution in [3.8, 4) is 11.5 Å². The molecule has 0 atom stereocenters. The van der Waals surface area contributed by atoms with E-state index < -0.39 is 6.16 Å². The van der Waals surface area contributed by atoms with E-state index in [4.69, 9.17) is 28.9 Å². The van der Waals surface area contributed by atoms with E-state index in [1.807, 2.05) is 18.2 Å². The third-order valence-corrected chi connectivity index (χ3v) is 6.74. The summed E-state index contributed by atoms with van der Waals surface area (Å²) >= 11 is 1.62. The highest BCUT2D eigenvalue weighted by atomic mass is 32.1. The van der Waals surface area contributed by atoms with Gasteiger partial charge in [-0.15, -0.1) is 11.3 Å². The summed E-state index contributed by atoms with van der Waals surface area (Å²) in [4.78, 5) is 24.4. The van der Waals surface area contributed by atoms with E-state index in [1.165, 1.54) is 0 Å².